The van der Waals surface area contributed by atoms with Crippen molar-refractivity contribution in [2.24, 2.45) is 5.73 Å². The van der Waals surface area contributed by atoms with Crippen LogP contribution in [0.15, 0.2) is 24.3 Å². The topological polar surface area (TPSA) is 55.1 Å². The van der Waals surface area contributed by atoms with Gasteiger partial charge in [-0.25, -0.2) is 0 Å². The van der Waals surface area contributed by atoms with Crippen LogP contribution < -0.4 is 11.1 Å². The molecular weight excluding hydrogens is 164 g/mol. The van der Waals surface area contributed by atoms with E-state index in [1.54, 1.807) is 0 Å². The van der Waals surface area contributed by atoms with E-state index in [1.165, 1.54) is 6.92 Å². The predicted octanol–water partition coefficient (Wildman–Crippen LogP) is 1.66. The van der Waals surface area contributed by atoms with Crippen LogP contribution in [0.2, 0.25) is 0 Å². The minimum absolute atomic E-state index is 0.0337. The molecule has 3 nitrogen and oxygen atoms in total. The van der Waals surface area contributed by atoms with Gasteiger partial charge in [-0.15, -0.1) is 0 Å². The third kappa shape index (κ3) is 2.87. The van der Waals surface area contributed by atoms with Gasteiger partial charge in [0, 0.05) is 18.7 Å². The summed E-state index contributed by atoms with van der Waals surface area (Å²) in [5.74, 6) is -0.0615. The van der Waals surface area contributed by atoms with Crippen molar-refractivity contribution in [3.05, 3.63) is 29.8 Å². The van der Waals surface area contributed by atoms with Gasteiger partial charge in [-0.1, -0.05) is 12.1 Å². The molecule has 70 valence electrons. The fourth-order valence-electron chi connectivity index (χ4n) is 1.07. The maximum atomic E-state index is 10.7. The fraction of sp³-hybridized carbons (Fsp3) is 0.300. The summed E-state index contributed by atoms with van der Waals surface area (Å²) in [6.07, 6.45) is 0. The molecular formula is C10H14N2O. The second kappa shape index (κ2) is 4.05. The van der Waals surface area contributed by atoms with Crippen LogP contribution in [0.3, 0.4) is 0 Å². The number of hydrogen-bond acceptors (Lipinski definition) is 2. The van der Waals surface area contributed by atoms with Gasteiger partial charge in [0.1, 0.15) is 0 Å². The molecule has 0 bridgehead atoms. The molecule has 0 saturated carbocycles. The number of hydrogen-bond donors (Lipinski definition) is 2. The van der Waals surface area contributed by atoms with Crippen LogP contribution in [-0.4, -0.2) is 5.91 Å². The first-order valence-corrected chi connectivity index (χ1v) is 4.22. The first-order chi connectivity index (χ1) is 6.09. The molecule has 0 radical (unpaired) electrons. The summed E-state index contributed by atoms with van der Waals surface area (Å²) in [6.45, 7) is 3.41. The molecule has 0 spiro atoms. The van der Waals surface area contributed by atoms with E-state index in [9.17, 15) is 4.79 Å². The zero-order valence-corrected chi connectivity index (χ0v) is 7.87. The molecule has 3 N–H and O–H groups in total. The molecule has 0 fully saturated rings. The lowest BCUT2D eigenvalue weighted by Crippen LogP contribution is -2.07. The van der Waals surface area contributed by atoms with Crippen molar-refractivity contribution < 1.29 is 4.79 Å². The highest BCUT2D eigenvalue weighted by Gasteiger charge is 1.99. The van der Waals surface area contributed by atoms with Crippen molar-refractivity contribution >= 4 is 11.6 Å². The largest absolute Gasteiger partial charge is 0.326 e. The number of amides is 1. The highest BCUT2D eigenvalue weighted by atomic mass is 16.1. The number of rotatable bonds is 2. The predicted molar refractivity (Wildman–Crippen MR) is 53.3 cm³/mol. The Balaban J connectivity index is 2.75. The van der Waals surface area contributed by atoms with Crippen molar-refractivity contribution in [2.75, 3.05) is 5.32 Å². The van der Waals surface area contributed by atoms with Crippen LogP contribution in [0.25, 0.3) is 0 Å². The number of nitrogens with two attached hydrogens (primary N) is 1. The van der Waals surface area contributed by atoms with Gasteiger partial charge in [0.25, 0.3) is 0 Å². The van der Waals surface area contributed by atoms with Crippen molar-refractivity contribution in [3.8, 4) is 0 Å². The molecule has 0 aliphatic rings. The van der Waals surface area contributed by atoms with Crippen LogP contribution in [0.4, 0.5) is 5.69 Å². The summed E-state index contributed by atoms with van der Waals surface area (Å²) in [4.78, 5) is 10.7. The Hall–Kier alpha value is -1.35. The van der Waals surface area contributed by atoms with Crippen LogP contribution in [0.5, 0.6) is 0 Å². The zero-order chi connectivity index (χ0) is 9.84. The molecule has 0 saturated heterocycles. The van der Waals surface area contributed by atoms with Gasteiger partial charge in [-0.3, -0.25) is 4.79 Å². The third-order valence-corrected chi connectivity index (χ3v) is 1.76. The van der Waals surface area contributed by atoms with Gasteiger partial charge in [-0.05, 0) is 24.6 Å². The number of anilines is 1. The summed E-state index contributed by atoms with van der Waals surface area (Å²) in [7, 11) is 0. The van der Waals surface area contributed by atoms with E-state index < -0.39 is 0 Å². The first kappa shape index (κ1) is 9.74. The van der Waals surface area contributed by atoms with E-state index in [4.69, 9.17) is 5.73 Å². The molecule has 0 heterocycles. The molecule has 1 amide bonds. The molecule has 1 aromatic carbocycles. The summed E-state index contributed by atoms with van der Waals surface area (Å²) >= 11 is 0. The smallest absolute Gasteiger partial charge is 0.221 e. The Labute approximate surface area is 77.9 Å². The Kier molecular flexibility index (Phi) is 3.03. The molecule has 0 aromatic heterocycles. The van der Waals surface area contributed by atoms with E-state index in [-0.39, 0.29) is 11.9 Å². The fourth-order valence-corrected chi connectivity index (χ4v) is 1.07. The summed E-state index contributed by atoms with van der Waals surface area (Å²) in [6, 6.07) is 7.55. The Morgan fingerprint density at radius 3 is 2.31 bits per heavy atom. The number of benzene rings is 1. The molecule has 0 unspecified atom stereocenters. The second-order valence-corrected chi connectivity index (χ2v) is 3.09. The van der Waals surface area contributed by atoms with E-state index in [0.717, 1.165) is 11.3 Å². The van der Waals surface area contributed by atoms with E-state index >= 15 is 0 Å². The van der Waals surface area contributed by atoms with Gasteiger partial charge >= 0.3 is 0 Å². The van der Waals surface area contributed by atoms with E-state index in [2.05, 4.69) is 5.32 Å². The van der Waals surface area contributed by atoms with Gasteiger partial charge in [0.15, 0.2) is 0 Å². The lowest BCUT2D eigenvalue weighted by Gasteiger charge is -2.06. The number of carbonyl (C=O) groups is 1. The maximum Gasteiger partial charge on any atom is 0.221 e. The Morgan fingerprint density at radius 1 is 1.38 bits per heavy atom. The first-order valence-electron chi connectivity index (χ1n) is 4.22. The van der Waals surface area contributed by atoms with Crippen LogP contribution in [0, 0.1) is 0 Å². The van der Waals surface area contributed by atoms with Crippen molar-refractivity contribution in [3.63, 3.8) is 0 Å². The minimum atomic E-state index is -0.0615. The van der Waals surface area contributed by atoms with Crippen LogP contribution in [0.1, 0.15) is 25.5 Å². The Morgan fingerprint density at radius 2 is 1.92 bits per heavy atom. The SMILES string of the molecule is CC(=O)Nc1ccc([C@H](C)N)cc1. The lowest BCUT2D eigenvalue weighted by molar-refractivity contribution is -0.114. The molecule has 3 heteroatoms. The van der Waals surface area contributed by atoms with E-state index in [1.807, 2.05) is 31.2 Å². The summed E-state index contributed by atoms with van der Waals surface area (Å²) in [5, 5.41) is 2.69. The van der Waals surface area contributed by atoms with Crippen molar-refractivity contribution in [2.45, 2.75) is 19.9 Å². The van der Waals surface area contributed by atoms with Crippen molar-refractivity contribution in [1.82, 2.24) is 0 Å². The lowest BCUT2D eigenvalue weighted by atomic mass is 10.1. The molecule has 1 rings (SSSR count). The molecule has 0 aliphatic carbocycles. The number of carbonyl (C=O) groups excluding carboxylic acids is 1. The van der Waals surface area contributed by atoms with Gasteiger partial charge in [0.2, 0.25) is 5.91 Å². The molecule has 0 aliphatic heterocycles. The van der Waals surface area contributed by atoms with E-state index in [0.29, 0.717) is 0 Å². The van der Waals surface area contributed by atoms with Crippen LogP contribution >= 0.6 is 0 Å². The standard InChI is InChI=1S/C10H14N2O/c1-7(11)9-3-5-10(6-4-9)12-8(2)13/h3-7H,11H2,1-2H3,(H,12,13)/t7-/m0/s1. The normalized spacial score (nSPS) is 12.2. The zero-order valence-electron chi connectivity index (χ0n) is 7.87. The molecule has 13 heavy (non-hydrogen) atoms. The Bertz CT molecular complexity index is 290. The number of nitrogens with one attached hydrogen (secondary N) is 1. The quantitative estimate of drug-likeness (QED) is 0.723. The average molecular weight is 178 g/mol. The highest BCUT2D eigenvalue weighted by Crippen LogP contribution is 2.13. The summed E-state index contributed by atoms with van der Waals surface area (Å²) in [5.41, 5.74) is 7.54. The third-order valence-electron chi connectivity index (χ3n) is 1.76. The van der Waals surface area contributed by atoms with Gasteiger partial charge < -0.3 is 11.1 Å². The van der Waals surface area contributed by atoms with Crippen molar-refractivity contribution in [1.29, 1.82) is 0 Å². The highest BCUT2D eigenvalue weighted by molar-refractivity contribution is 5.88. The summed E-state index contributed by atoms with van der Waals surface area (Å²) < 4.78 is 0. The average Bonchev–Trinajstić information content (AvgIpc) is 2.04. The van der Waals surface area contributed by atoms with Gasteiger partial charge in [0.05, 0.1) is 0 Å². The maximum absolute atomic E-state index is 10.7. The minimum Gasteiger partial charge on any atom is -0.326 e. The molecule has 1 atom stereocenters. The van der Waals surface area contributed by atoms with Gasteiger partial charge in [-0.2, -0.15) is 0 Å². The monoisotopic (exact) mass is 178 g/mol. The second-order valence-electron chi connectivity index (χ2n) is 3.09. The van der Waals surface area contributed by atoms with Crippen LogP contribution in [-0.2, 0) is 4.79 Å². The molecule has 1 aromatic rings.